The third-order valence-electron chi connectivity index (χ3n) is 3.45. The molecule has 0 bridgehead atoms. The molecule has 0 heteroatoms. The minimum absolute atomic E-state index is 0.904. The van der Waals surface area contributed by atoms with E-state index in [1.807, 2.05) is 0 Å². The SMILES string of the molecule is CC1=CCCC(C)CCCC(C)=CCC1. The highest BCUT2D eigenvalue weighted by Crippen LogP contribution is 2.19. The maximum absolute atomic E-state index is 2.45. The third-order valence-corrected chi connectivity index (χ3v) is 3.45. The highest BCUT2D eigenvalue weighted by atomic mass is 14.1. The lowest BCUT2D eigenvalue weighted by Gasteiger charge is -2.11. The lowest BCUT2D eigenvalue weighted by molar-refractivity contribution is 0.477. The number of rotatable bonds is 0. The largest absolute Gasteiger partial charge is 0.0856 e. The van der Waals surface area contributed by atoms with Crippen molar-refractivity contribution in [2.45, 2.75) is 65.7 Å². The van der Waals surface area contributed by atoms with E-state index in [1.54, 1.807) is 11.1 Å². The van der Waals surface area contributed by atoms with E-state index in [2.05, 4.69) is 32.9 Å². The van der Waals surface area contributed by atoms with Crippen LogP contribution in [0.3, 0.4) is 0 Å². The van der Waals surface area contributed by atoms with Crippen molar-refractivity contribution in [1.29, 1.82) is 0 Å². The van der Waals surface area contributed by atoms with Crippen LogP contribution in [0, 0.1) is 5.92 Å². The monoisotopic (exact) mass is 206 g/mol. The smallest absolute Gasteiger partial charge is 0.0288 e. The Labute approximate surface area is 95.5 Å². The maximum atomic E-state index is 2.45. The minimum Gasteiger partial charge on any atom is -0.0856 e. The lowest BCUT2D eigenvalue weighted by atomic mass is 9.95. The summed E-state index contributed by atoms with van der Waals surface area (Å²) in [5.74, 6) is 0.904. The molecule has 0 aromatic heterocycles. The second-order valence-corrected chi connectivity index (χ2v) is 5.21. The van der Waals surface area contributed by atoms with Gasteiger partial charge in [-0.05, 0) is 58.3 Å². The first-order chi connectivity index (χ1) is 7.18. The van der Waals surface area contributed by atoms with Crippen LogP contribution >= 0.6 is 0 Å². The Morgan fingerprint density at radius 2 is 1.60 bits per heavy atom. The van der Waals surface area contributed by atoms with Crippen LogP contribution in [0.4, 0.5) is 0 Å². The van der Waals surface area contributed by atoms with Gasteiger partial charge in [-0.3, -0.25) is 0 Å². The van der Waals surface area contributed by atoms with Crippen LogP contribution in [0.2, 0.25) is 0 Å². The van der Waals surface area contributed by atoms with Gasteiger partial charge in [-0.15, -0.1) is 0 Å². The van der Waals surface area contributed by atoms with Crippen molar-refractivity contribution < 1.29 is 0 Å². The summed E-state index contributed by atoms with van der Waals surface area (Å²) in [6.45, 7) is 6.96. The van der Waals surface area contributed by atoms with Gasteiger partial charge in [0.2, 0.25) is 0 Å². The highest BCUT2D eigenvalue weighted by Gasteiger charge is 2.02. The van der Waals surface area contributed by atoms with E-state index >= 15 is 0 Å². The van der Waals surface area contributed by atoms with Gasteiger partial charge in [0.25, 0.3) is 0 Å². The molecule has 15 heavy (non-hydrogen) atoms. The van der Waals surface area contributed by atoms with E-state index in [4.69, 9.17) is 0 Å². The maximum Gasteiger partial charge on any atom is -0.0288 e. The minimum atomic E-state index is 0.904. The molecule has 86 valence electrons. The summed E-state index contributed by atoms with van der Waals surface area (Å²) in [4.78, 5) is 0. The van der Waals surface area contributed by atoms with Crippen LogP contribution in [-0.4, -0.2) is 0 Å². The molecule has 0 fully saturated rings. The Morgan fingerprint density at radius 1 is 0.933 bits per heavy atom. The summed E-state index contributed by atoms with van der Waals surface area (Å²) in [5.41, 5.74) is 3.17. The Bertz CT molecular complexity index is 232. The second-order valence-electron chi connectivity index (χ2n) is 5.21. The fraction of sp³-hybridized carbons (Fsp3) is 0.733. The van der Waals surface area contributed by atoms with Crippen molar-refractivity contribution in [2.24, 2.45) is 5.92 Å². The Kier molecular flexibility index (Phi) is 5.75. The standard InChI is InChI=1S/C15H26/c1-13-7-4-9-14(2)11-6-12-15(3)10-5-8-13/h7,10,14H,4-6,8-9,11-12H2,1-3H3. The van der Waals surface area contributed by atoms with Crippen molar-refractivity contribution in [3.05, 3.63) is 23.3 Å². The fourth-order valence-electron chi connectivity index (χ4n) is 2.24. The first-order valence-corrected chi connectivity index (χ1v) is 6.49. The highest BCUT2D eigenvalue weighted by molar-refractivity contribution is 5.04. The van der Waals surface area contributed by atoms with Crippen LogP contribution in [0.25, 0.3) is 0 Å². The van der Waals surface area contributed by atoms with Gasteiger partial charge in [0.1, 0.15) is 0 Å². The van der Waals surface area contributed by atoms with Crippen molar-refractivity contribution in [1.82, 2.24) is 0 Å². The summed E-state index contributed by atoms with van der Waals surface area (Å²) in [6.07, 6.45) is 14.1. The molecular formula is C15H26. The molecule has 0 spiro atoms. The molecule has 0 N–H and O–H groups in total. The van der Waals surface area contributed by atoms with E-state index in [0.717, 1.165) is 5.92 Å². The molecule has 0 aromatic carbocycles. The van der Waals surface area contributed by atoms with Gasteiger partial charge in [-0.1, -0.05) is 36.6 Å². The van der Waals surface area contributed by atoms with Crippen LogP contribution < -0.4 is 0 Å². The Morgan fingerprint density at radius 3 is 2.40 bits per heavy atom. The Hall–Kier alpha value is -0.520. The van der Waals surface area contributed by atoms with Gasteiger partial charge < -0.3 is 0 Å². The van der Waals surface area contributed by atoms with Crippen molar-refractivity contribution in [3.63, 3.8) is 0 Å². The normalized spacial score (nSPS) is 25.9. The predicted molar refractivity (Wildman–Crippen MR) is 69.0 cm³/mol. The average Bonchev–Trinajstić information content (AvgIpc) is 2.16. The molecule has 0 saturated carbocycles. The van der Waals surface area contributed by atoms with Gasteiger partial charge in [0, 0.05) is 0 Å². The summed E-state index contributed by atoms with van der Waals surface area (Å²) in [5, 5.41) is 0. The number of hydrogen-bond acceptors (Lipinski definition) is 0. The van der Waals surface area contributed by atoms with Gasteiger partial charge >= 0.3 is 0 Å². The van der Waals surface area contributed by atoms with Gasteiger partial charge in [-0.25, -0.2) is 0 Å². The van der Waals surface area contributed by atoms with Crippen LogP contribution in [0.15, 0.2) is 23.3 Å². The summed E-state index contributed by atoms with van der Waals surface area (Å²) in [6, 6.07) is 0. The van der Waals surface area contributed by atoms with Crippen LogP contribution in [0.1, 0.15) is 65.7 Å². The van der Waals surface area contributed by atoms with E-state index < -0.39 is 0 Å². The van der Waals surface area contributed by atoms with Gasteiger partial charge in [0.05, 0.1) is 0 Å². The number of hydrogen-bond donors (Lipinski definition) is 0. The lowest BCUT2D eigenvalue weighted by Crippen LogP contribution is -1.95. The molecule has 0 aliphatic heterocycles. The van der Waals surface area contributed by atoms with Crippen molar-refractivity contribution in [2.75, 3.05) is 0 Å². The van der Waals surface area contributed by atoms with E-state index in [9.17, 15) is 0 Å². The average molecular weight is 206 g/mol. The molecule has 0 aromatic rings. The van der Waals surface area contributed by atoms with Gasteiger partial charge in [-0.2, -0.15) is 0 Å². The van der Waals surface area contributed by atoms with E-state index in [1.165, 1.54) is 44.9 Å². The molecule has 0 heterocycles. The molecule has 1 atom stereocenters. The quantitative estimate of drug-likeness (QED) is 0.474. The van der Waals surface area contributed by atoms with E-state index in [-0.39, 0.29) is 0 Å². The molecule has 0 saturated heterocycles. The van der Waals surface area contributed by atoms with Crippen LogP contribution in [-0.2, 0) is 0 Å². The molecule has 0 radical (unpaired) electrons. The predicted octanol–water partition coefficient (Wildman–Crippen LogP) is 5.26. The first kappa shape index (κ1) is 12.5. The molecule has 1 aliphatic carbocycles. The topological polar surface area (TPSA) is 0 Å². The second kappa shape index (κ2) is 6.87. The summed E-state index contributed by atoms with van der Waals surface area (Å²) >= 11 is 0. The van der Waals surface area contributed by atoms with Gasteiger partial charge in [0.15, 0.2) is 0 Å². The molecule has 0 amide bonds. The zero-order valence-electron chi connectivity index (χ0n) is 10.7. The molecule has 0 nitrogen and oxygen atoms in total. The molecule has 1 aliphatic rings. The molecule has 1 unspecified atom stereocenters. The van der Waals surface area contributed by atoms with Crippen molar-refractivity contribution in [3.8, 4) is 0 Å². The van der Waals surface area contributed by atoms with Crippen molar-refractivity contribution >= 4 is 0 Å². The summed E-state index contributed by atoms with van der Waals surface area (Å²) in [7, 11) is 0. The first-order valence-electron chi connectivity index (χ1n) is 6.49. The Balaban J connectivity index is 2.51. The third kappa shape index (κ3) is 5.81. The van der Waals surface area contributed by atoms with E-state index in [0.29, 0.717) is 0 Å². The fourth-order valence-corrected chi connectivity index (χ4v) is 2.24. The zero-order valence-corrected chi connectivity index (χ0v) is 10.7. The van der Waals surface area contributed by atoms with Crippen LogP contribution in [0.5, 0.6) is 0 Å². The molecular weight excluding hydrogens is 180 g/mol. The number of allylic oxidation sites excluding steroid dienone is 4. The summed E-state index contributed by atoms with van der Waals surface area (Å²) < 4.78 is 0. The molecule has 1 rings (SSSR count). The zero-order chi connectivity index (χ0) is 11.1.